The minimum Gasteiger partial charge on any atom is -0.294 e. The molecule has 0 heterocycles. The van der Waals surface area contributed by atoms with E-state index in [2.05, 4.69) is 6.08 Å². The molecule has 0 saturated carbocycles. The Morgan fingerprint density at radius 1 is 0.941 bits per heavy atom. The SMILES string of the molecule is O=C(C/[C]=C/c1ccccc1)c1ccccc1. The molecule has 0 N–H and O–H groups in total. The number of allylic oxidation sites excluding steroid dienone is 1. The zero-order valence-electron chi connectivity index (χ0n) is 9.47. The first-order valence-corrected chi connectivity index (χ1v) is 5.56. The Balaban J connectivity index is 1.95. The number of ketones is 1. The molecule has 2 rings (SSSR count). The number of rotatable bonds is 4. The predicted molar refractivity (Wildman–Crippen MR) is 69.5 cm³/mol. The molecule has 0 amide bonds. The van der Waals surface area contributed by atoms with Crippen molar-refractivity contribution in [1.82, 2.24) is 0 Å². The summed E-state index contributed by atoms with van der Waals surface area (Å²) < 4.78 is 0. The van der Waals surface area contributed by atoms with Gasteiger partial charge in [-0.1, -0.05) is 66.7 Å². The lowest BCUT2D eigenvalue weighted by molar-refractivity contribution is 0.0994. The van der Waals surface area contributed by atoms with E-state index in [1.54, 1.807) is 0 Å². The fraction of sp³-hybridized carbons (Fsp3) is 0.0625. The molecule has 0 aliphatic carbocycles. The van der Waals surface area contributed by atoms with E-state index in [0.29, 0.717) is 6.42 Å². The van der Waals surface area contributed by atoms with Crippen molar-refractivity contribution in [3.8, 4) is 0 Å². The monoisotopic (exact) mass is 221 g/mol. The third kappa shape index (κ3) is 3.42. The van der Waals surface area contributed by atoms with Crippen molar-refractivity contribution in [2.24, 2.45) is 0 Å². The Labute approximate surface area is 101 Å². The molecule has 2 aromatic rings. The molecular weight excluding hydrogens is 208 g/mol. The summed E-state index contributed by atoms with van der Waals surface area (Å²) >= 11 is 0. The molecule has 17 heavy (non-hydrogen) atoms. The Hall–Kier alpha value is -2.15. The Kier molecular flexibility index (Phi) is 3.87. The lowest BCUT2D eigenvalue weighted by atomic mass is 10.1. The van der Waals surface area contributed by atoms with Crippen molar-refractivity contribution in [2.75, 3.05) is 0 Å². The highest BCUT2D eigenvalue weighted by molar-refractivity contribution is 5.96. The summed E-state index contributed by atoms with van der Waals surface area (Å²) in [5.41, 5.74) is 1.80. The van der Waals surface area contributed by atoms with Crippen LogP contribution < -0.4 is 0 Å². The number of hydrogen-bond acceptors (Lipinski definition) is 1. The van der Waals surface area contributed by atoms with Gasteiger partial charge in [0.15, 0.2) is 5.78 Å². The van der Waals surface area contributed by atoms with Crippen molar-refractivity contribution in [3.63, 3.8) is 0 Å². The van der Waals surface area contributed by atoms with Crippen LogP contribution in [0.4, 0.5) is 0 Å². The van der Waals surface area contributed by atoms with Gasteiger partial charge in [-0.3, -0.25) is 4.79 Å². The Morgan fingerprint density at radius 3 is 2.18 bits per heavy atom. The van der Waals surface area contributed by atoms with Gasteiger partial charge in [0.25, 0.3) is 0 Å². The second-order valence-electron chi connectivity index (χ2n) is 3.73. The smallest absolute Gasteiger partial charge is 0.167 e. The molecule has 0 saturated heterocycles. The molecule has 0 atom stereocenters. The number of carbonyl (C=O) groups excluding carboxylic acids is 1. The van der Waals surface area contributed by atoms with Crippen LogP contribution in [0.2, 0.25) is 0 Å². The molecule has 1 radical (unpaired) electrons. The summed E-state index contributed by atoms with van der Waals surface area (Å²) in [6.45, 7) is 0. The molecule has 1 heteroatoms. The number of benzene rings is 2. The maximum Gasteiger partial charge on any atom is 0.167 e. The van der Waals surface area contributed by atoms with Gasteiger partial charge in [0.05, 0.1) is 0 Å². The first kappa shape index (κ1) is 11.3. The van der Waals surface area contributed by atoms with Crippen molar-refractivity contribution in [2.45, 2.75) is 6.42 Å². The second-order valence-corrected chi connectivity index (χ2v) is 3.73. The van der Waals surface area contributed by atoms with Crippen LogP contribution in [0.3, 0.4) is 0 Å². The lowest BCUT2D eigenvalue weighted by Crippen LogP contribution is -1.96. The molecule has 0 spiro atoms. The highest BCUT2D eigenvalue weighted by Gasteiger charge is 2.01. The van der Waals surface area contributed by atoms with Crippen LogP contribution in [0.1, 0.15) is 22.3 Å². The Bertz CT molecular complexity index is 498. The van der Waals surface area contributed by atoms with Crippen LogP contribution >= 0.6 is 0 Å². The molecule has 0 aromatic heterocycles. The quantitative estimate of drug-likeness (QED) is 0.718. The van der Waals surface area contributed by atoms with E-state index < -0.39 is 0 Å². The molecule has 0 aliphatic heterocycles. The first-order chi connectivity index (χ1) is 8.36. The number of Topliss-reactive ketones (excluding diaryl/α,β-unsaturated/α-hetero) is 1. The summed E-state index contributed by atoms with van der Waals surface area (Å²) in [6.07, 6.45) is 5.19. The normalized spacial score (nSPS) is 10.6. The zero-order valence-corrected chi connectivity index (χ0v) is 9.47. The van der Waals surface area contributed by atoms with Crippen LogP contribution in [0.5, 0.6) is 0 Å². The van der Waals surface area contributed by atoms with Gasteiger partial charge in [0.1, 0.15) is 0 Å². The molecule has 0 fully saturated rings. The van der Waals surface area contributed by atoms with E-state index in [1.807, 2.05) is 66.7 Å². The van der Waals surface area contributed by atoms with Gasteiger partial charge >= 0.3 is 0 Å². The molecule has 1 nitrogen and oxygen atoms in total. The van der Waals surface area contributed by atoms with Crippen molar-refractivity contribution in [1.29, 1.82) is 0 Å². The van der Waals surface area contributed by atoms with Gasteiger partial charge in [0, 0.05) is 12.0 Å². The van der Waals surface area contributed by atoms with E-state index in [9.17, 15) is 4.79 Å². The summed E-state index contributed by atoms with van der Waals surface area (Å²) in [6, 6.07) is 19.2. The number of carbonyl (C=O) groups is 1. The van der Waals surface area contributed by atoms with E-state index in [1.165, 1.54) is 0 Å². The second kappa shape index (κ2) is 5.80. The fourth-order valence-corrected chi connectivity index (χ4v) is 1.54. The predicted octanol–water partition coefficient (Wildman–Crippen LogP) is 3.78. The van der Waals surface area contributed by atoms with Crippen LogP contribution in [-0.4, -0.2) is 5.78 Å². The van der Waals surface area contributed by atoms with Crippen molar-refractivity contribution < 1.29 is 4.79 Å². The lowest BCUT2D eigenvalue weighted by Gasteiger charge is -1.96. The fourth-order valence-electron chi connectivity index (χ4n) is 1.54. The van der Waals surface area contributed by atoms with Crippen molar-refractivity contribution >= 4 is 11.9 Å². The summed E-state index contributed by atoms with van der Waals surface area (Å²) in [5.74, 6) is 0.0952. The van der Waals surface area contributed by atoms with Gasteiger partial charge in [0.2, 0.25) is 0 Å². The van der Waals surface area contributed by atoms with Crippen LogP contribution in [0, 0.1) is 6.08 Å². The van der Waals surface area contributed by atoms with Gasteiger partial charge < -0.3 is 0 Å². The molecule has 2 aromatic carbocycles. The third-order valence-electron chi connectivity index (χ3n) is 2.43. The molecule has 0 aliphatic rings. The van der Waals surface area contributed by atoms with E-state index in [-0.39, 0.29) is 5.78 Å². The molecular formula is C16H13O. The zero-order chi connectivity index (χ0) is 11.9. The van der Waals surface area contributed by atoms with E-state index in [0.717, 1.165) is 11.1 Å². The summed E-state index contributed by atoms with van der Waals surface area (Å²) in [4.78, 5) is 11.8. The van der Waals surface area contributed by atoms with Crippen LogP contribution in [0.15, 0.2) is 60.7 Å². The van der Waals surface area contributed by atoms with Gasteiger partial charge in [-0.15, -0.1) is 0 Å². The van der Waals surface area contributed by atoms with Crippen LogP contribution in [-0.2, 0) is 0 Å². The maximum atomic E-state index is 11.8. The Morgan fingerprint density at radius 2 is 1.53 bits per heavy atom. The highest BCUT2D eigenvalue weighted by Crippen LogP contribution is 2.05. The summed E-state index contributed by atoms with van der Waals surface area (Å²) in [7, 11) is 0. The van der Waals surface area contributed by atoms with Gasteiger partial charge in [-0.25, -0.2) is 0 Å². The third-order valence-corrected chi connectivity index (χ3v) is 2.43. The van der Waals surface area contributed by atoms with Gasteiger partial charge in [-0.05, 0) is 11.6 Å². The maximum absolute atomic E-state index is 11.8. The minimum absolute atomic E-state index is 0.0952. The van der Waals surface area contributed by atoms with Gasteiger partial charge in [-0.2, -0.15) is 0 Å². The molecule has 0 unspecified atom stereocenters. The molecule has 0 bridgehead atoms. The first-order valence-electron chi connectivity index (χ1n) is 5.56. The van der Waals surface area contributed by atoms with Crippen LogP contribution in [0.25, 0.3) is 6.08 Å². The average Bonchev–Trinajstić information content (AvgIpc) is 2.41. The summed E-state index contributed by atoms with van der Waals surface area (Å²) in [5, 5.41) is 0. The minimum atomic E-state index is 0.0952. The van der Waals surface area contributed by atoms with Crippen molar-refractivity contribution in [3.05, 3.63) is 77.9 Å². The number of hydrogen-bond donors (Lipinski definition) is 0. The topological polar surface area (TPSA) is 17.1 Å². The highest BCUT2D eigenvalue weighted by atomic mass is 16.1. The van der Waals surface area contributed by atoms with E-state index >= 15 is 0 Å². The standard InChI is InChI=1S/C16H13O/c17-16(15-11-5-2-6-12-15)13-7-10-14-8-3-1-4-9-14/h1-6,8-12H,13H2. The largest absolute Gasteiger partial charge is 0.294 e. The van der Waals surface area contributed by atoms with E-state index in [4.69, 9.17) is 0 Å². The molecule has 83 valence electrons. The average molecular weight is 221 g/mol.